The quantitative estimate of drug-likeness (QED) is 0.758. The number of aliphatic carboxylic acids is 1. The van der Waals surface area contributed by atoms with Crippen LogP contribution in [0.2, 0.25) is 0 Å². The van der Waals surface area contributed by atoms with Crippen molar-refractivity contribution in [3.63, 3.8) is 0 Å². The van der Waals surface area contributed by atoms with Crippen LogP contribution in [0, 0.1) is 5.41 Å². The minimum absolute atomic E-state index is 0.170. The zero-order valence-corrected chi connectivity index (χ0v) is 11.9. The molecule has 0 saturated heterocycles. The Labute approximate surface area is 114 Å². The van der Waals surface area contributed by atoms with E-state index >= 15 is 0 Å². The number of carboxylic acid groups (broad SMARTS) is 1. The highest BCUT2D eigenvalue weighted by atomic mass is 16.5. The van der Waals surface area contributed by atoms with Gasteiger partial charge < -0.3 is 15.2 Å². The van der Waals surface area contributed by atoms with Crippen LogP contribution < -0.4 is 10.1 Å². The van der Waals surface area contributed by atoms with E-state index in [0.29, 0.717) is 13.2 Å². The van der Waals surface area contributed by atoms with E-state index < -0.39 is 5.97 Å². The molecule has 0 bridgehead atoms. The topological polar surface area (TPSA) is 58.6 Å². The summed E-state index contributed by atoms with van der Waals surface area (Å²) in [5.41, 5.74) is 0.923. The Bertz CT molecular complexity index is 398. The number of hydrogen-bond acceptors (Lipinski definition) is 3. The summed E-state index contributed by atoms with van der Waals surface area (Å²) in [7, 11) is 0. The Morgan fingerprint density at radius 2 is 1.95 bits per heavy atom. The second kappa shape index (κ2) is 7.14. The molecule has 0 atom stereocenters. The van der Waals surface area contributed by atoms with E-state index in [1.807, 2.05) is 45.0 Å². The molecule has 0 fully saturated rings. The third-order valence-corrected chi connectivity index (χ3v) is 2.80. The smallest absolute Gasteiger partial charge is 0.303 e. The molecule has 0 spiro atoms. The molecule has 0 aliphatic carbocycles. The maximum Gasteiger partial charge on any atom is 0.303 e. The third kappa shape index (κ3) is 6.25. The number of hydrogen-bond donors (Lipinski definition) is 2. The summed E-state index contributed by atoms with van der Waals surface area (Å²) >= 11 is 0. The Kier molecular flexibility index (Phi) is 5.83. The van der Waals surface area contributed by atoms with Crippen LogP contribution in [0.3, 0.4) is 0 Å². The second-order valence-corrected chi connectivity index (χ2v) is 5.42. The van der Waals surface area contributed by atoms with Gasteiger partial charge in [-0.3, -0.25) is 4.79 Å². The average molecular weight is 265 g/mol. The van der Waals surface area contributed by atoms with Crippen LogP contribution in [-0.2, 0) is 11.3 Å². The van der Waals surface area contributed by atoms with Crippen molar-refractivity contribution in [2.45, 2.75) is 33.7 Å². The first-order valence-corrected chi connectivity index (χ1v) is 6.57. The molecule has 0 radical (unpaired) electrons. The first-order chi connectivity index (χ1) is 8.93. The van der Waals surface area contributed by atoms with E-state index in [1.54, 1.807) is 0 Å². The van der Waals surface area contributed by atoms with Crippen LogP contribution in [0.5, 0.6) is 5.75 Å². The van der Waals surface area contributed by atoms with Crippen molar-refractivity contribution in [2.75, 3.05) is 13.2 Å². The van der Waals surface area contributed by atoms with Gasteiger partial charge in [-0.2, -0.15) is 0 Å². The van der Waals surface area contributed by atoms with Gasteiger partial charge in [0.2, 0.25) is 0 Å². The van der Waals surface area contributed by atoms with Crippen molar-refractivity contribution in [2.24, 2.45) is 5.41 Å². The molecule has 0 saturated carbocycles. The first kappa shape index (κ1) is 15.5. The van der Waals surface area contributed by atoms with Crippen molar-refractivity contribution in [1.29, 1.82) is 0 Å². The number of ether oxygens (including phenoxy) is 1. The minimum Gasteiger partial charge on any atom is -0.494 e. The number of carbonyl (C=O) groups is 1. The summed E-state index contributed by atoms with van der Waals surface area (Å²) in [4.78, 5) is 10.7. The molecule has 0 aromatic heterocycles. The molecule has 0 amide bonds. The molecule has 0 unspecified atom stereocenters. The van der Waals surface area contributed by atoms with E-state index in [4.69, 9.17) is 9.84 Å². The molecule has 1 aromatic carbocycles. The number of carboxylic acids is 1. The van der Waals surface area contributed by atoms with E-state index in [9.17, 15) is 4.79 Å². The van der Waals surface area contributed by atoms with Crippen molar-refractivity contribution in [3.05, 3.63) is 29.8 Å². The van der Waals surface area contributed by atoms with E-state index in [-0.39, 0.29) is 11.8 Å². The maximum absolute atomic E-state index is 10.7. The van der Waals surface area contributed by atoms with Gasteiger partial charge in [0.05, 0.1) is 13.0 Å². The fourth-order valence-electron chi connectivity index (χ4n) is 1.89. The Morgan fingerprint density at radius 3 is 2.47 bits per heavy atom. The van der Waals surface area contributed by atoms with Crippen molar-refractivity contribution < 1.29 is 14.6 Å². The van der Waals surface area contributed by atoms with Gasteiger partial charge in [-0.25, -0.2) is 0 Å². The molecule has 0 aliphatic rings. The second-order valence-electron chi connectivity index (χ2n) is 5.42. The van der Waals surface area contributed by atoms with Crippen LogP contribution in [0.15, 0.2) is 24.3 Å². The van der Waals surface area contributed by atoms with Gasteiger partial charge in [0.15, 0.2) is 0 Å². The lowest BCUT2D eigenvalue weighted by Crippen LogP contribution is -2.31. The standard InChI is InChI=1S/C15H23NO3/c1-4-19-13-7-5-12(6-8-13)10-16-11-15(2,3)9-14(17)18/h5-8,16H,4,9-11H2,1-3H3,(H,17,18). The van der Waals surface area contributed by atoms with Crippen LogP contribution >= 0.6 is 0 Å². The maximum atomic E-state index is 10.7. The zero-order chi connectivity index (χ0) is 14.3. The largest absolute Gasteiger partial charge is 0.494 e. The minimum atomic E-state index is -0.757. The third-order valence-electron chi connectivity index (χ3n) is 2.80. The van der Waals surface area contributed by atoms with Crippen molar-refractivity contribution in [3.8, 4) is 5.75 Å². The lowest BCUT2D eigenvalue weighted by molar-refractivity contribution is -0.139. The zero-order valence-electron chi connectivity index (χ0n) is 11.9. The van der Waals surface area contributed by atoms with Gasteiger partial charge in [0.25, 0.3) is 0 Å². The number of rotatable bonds is 8. The Hall–Kier alpha value is -1.55. The fraction of sp³-hybridized carbons (Fsp3) is 0.533. The fourth-order valence-corrected chi connectivity index (χ4v) is 1.89. The summed E-state index contributed by atoms with van der Waals surface area (Å²) in [6.45, 7) is 7.93. The van der Waals surface area contributed by atoms with Crippen molar-refractivity contribution >= 4 is 5.97 Å². The van der Waals surface area contributed by atoms with Gasteiger partial charge in [-0.05, 0) is 30.0 Å². The van der Waals surface area contributed by atoms with Crippen LogP contribution in [0.25, 0.3) is 0 Å². The highest BCUT2D eigenvalue weighted by molar-refractivity contribution is 5.67. The Morgan fingerprint density at radius 1 is 1.32 bits per heavy atom. The predicted molar refractivity (Wildman–Crippen MR) is 75.4 cm³/mol. The average Bonchev–Trinajstić information content (AvgIpc) is 2.30. The molecule has 19 heavy (non-hydrogen) atoms. The molecule has 1 rings (SSSR count). The molecule has 2 N–H and O–H groups in total. The van der Waals surface area contributed by atoms with Gasteiger partial charge in [0, 0.05) is 13.1 Å². The van der Waals surface area contributed by atoms with Gasteiger partial charge in [0.1, 0.15) is 5.75 Å². The van der Waals surface area contributed by atoms with Crippen LogP contribution in [0.4, 0.5) is 0 Å². The molecule has 4 nitrogen and oxygen atoms in total. The van der Waals surface area contributed by atoms with Gasteiger partial charge in [-0.1, -0.05) is 26.0 Å². The van der Waals surface area contributed by atoms with E-state index in [1.165, 1.54) is 0 Å². The summed E-state index contributed by atoms with van der Waals surface area (Å²) in [5, 5.41) is 12.1. The normalized spacial score (nSPS) is 11.3. The molecule has 4 heteroatoms. The molecule has 0 heterocycles. The van der Waals surface area contributed by atoms with Crippen molar-refractivity contribution in [1.82, 2.24) is 5.32 Å². The molecular formula is C15H23NO3. The summed E-state index contributed by atoms with van der Waals surface area (Å²) in [6, 6.07) is 7.93. The summed E-state index contributed by atoms with van der Waals surface area (Å²) in [5.74, 6) is 0.116. The summed E-state index contributed by atoms with van der Waals surface area (Å²) < 4.78 is 5.38. The Balaban J connectivity index is 2.38. The SMILES string of the molecule is CCOc1ccc(CNCC(C)(C)CC(=O)O)cc1. The molecule has 0 aliphatic heterocycles. The lowest BCUT2D eigenvalue weighted by atomic mass is 9.89. The van der Waals surface area contributed by atoms with E-state index in [2.05, 4.69) is 5.32 Å². The highest BCUT2D eigenvalue weighted by Gasteiger charge is 2.20. The molecule has 1 aromatic rings. The first-order valence-electron chi connectivity index (χ1n) is 6.57. The molecular weight excluding hydrogens is 242 g/mol. The lowest BCUT2D eigenvalue weighted by Gasteiger charge is -2.22. The van der Waals surface area contributed by atoms with Crippen LogP contribution in [-0.4, -0.2) is 24.2 Å². The summed E-state index contributed by atoms with van der Waals surface area (Å²) in [6.07, 6.45) is 0.170. The molecule has 106 valence electrons. The van der Waals surface area contributed by atoms with Gasteiger partial charge >= 0.3 is 5.97 Å². The number of nitrogens with one attached hydrogen (secondary N) is 1. The monoisotopic (exact) mass is 265 g/mol. The predicted octanol–water partition coefficient (Wildman–Crippen LogP) is 2.68. The highest BCUT2D eigenvalue weighted by Crippen LogP contribution is 2.19. The van der Waals surface area contributed by atoms with Crippen LogP contribution in [0.1, 0.15) is 32.8 Å². The van der Waals surface area contributed by atoms with E-state index in [0.717, 1.165) is 17.9 Å². The van der Waals surface area contributed by atoms with Gasteiger partial charge in [-0.15, -0.1) is 0 Å². The number of benzene rings is 1.